The first-order valence-corrected chi connectivity index (χ1v) is 12.1. The average molecular weight is 287 g/mol. The van der Waals surface area contributed by atoms with Crippen LogP contribution in [-0.2, 0) is 0 Å². The van der Waals surface area contributed by atoms with E-state index in [0.717, 1.165) is 24.2 Å². The third-order valence-corrected chi connectivity index (χ3v) is 17.1. The van der Waals surface area contributed by atoms with E-state index in [0.29, 0.717) is 0 Å². The van der Waals surface area contributed by atoms with Gasteiger partial charge in [-0.1, -0.05) is 55.4 Å². The molecule has 1 aliphatic rings. The molecule has 0 aromatic carbocycles. The van der Waals surface area contributed by atoms with E-state index in [1.54, 1.807) is 11.3 Å². The van der Waals surface area contributed by atoms with E-state index < -0.39 is 17.9 Å². The highest BCUT2D eigenvalue weighted by atomic mass is 28.4. The first-order valence-electron chi connectivity index (χ1n) is 7.80. The van der Waals surface area contributed by atoms with Crippen molar-refractivity contribution in [1.29, 1.82) is 0 Å². The third kappa shape index (κ3) is 3.68. The summed E-state index contributed by atoms with van der Waals surface area (Å²) in [5.41, 5.74) is 3.26. The van der Waals surface area contributed by atoms with Crippen molar-refractivity contribution in [3.05, 3.63) is 0 Å². The highest BCUT2D eigenvalue weighted by molar-refractivity contribution is 6.92. The highest BCUT2D eigenvalue weighted by Gasteiger charge is 2.42. The molecule has 18 heavy (non-hydrogen) atoms. The van der Waals surface area contributed by atoms with Gasteiger partial charge >= 0.3 is 0 Å². The Labute approximate surface area is 118 Å². The zero-order valence-electron chi connectivity index (χ0n) is 13.8. The van der Waals surface area contributed by atoms with Crippen molar-refractivity contribution in [2.45, 2.75) is 90.9 Å². The molecule has 0 aliphatic carbocycles. The van der Waals surface area contributed by atoms with Gasteiger partial charge in [0, 0.05) is 0 Å². The molecule has 0 amide bonds. The number of hydrogen-bond acceptors (Lipinski definition) is 2. The van der Waals surface area contributed by atoms with Crippen LogP contribution in [0.15, 0.2) is 0 Å². The average Bonchev–Trinajstić information content (AvgIpc) is 2.11. The van der Waals surface area contributed by atoms with Crippen molar-refractivity contribution < 1.29 is 0 Å². The van der Waals surface area contributed by atoms with E-state index in [1.807, 2.05) is 0 Å². The van der Waals surface area contributed by atoms with E-state index >= 15 is 0 Å². The van der Waals surface area contributed by atoms with Crippen molar-refractivity contribution in [3.63, 3.8) is 0 Å². The normalized spacial score (nSPS) is 25.0. The fourth-order valence-electron chi connectivity index (χ4n) is 3.93. The molecule has 0 aromatic rings. The number of nitrogens with zero attached hydrogens (tertiary/aromatic N) is 2. The second kappa shape index (κ2) is 6.68. The van der Waals surface area contributed by atoms with Crippen LogP contribution in [0.1, 0.15) is 55.4 Å². The molecule has 0 unspecified atom stereocenters. The van der Waals surface area contributed by atoms with Crippen molar-refractivity contribution in [2.75, 3.05) is 0 Å². The largest absolute Gasteiger partial charge is 0.322 e. The Kier molecular flexibility index (Phi) is 6.09. The molecule has 0 radical (unpaired) electrons. The van der Waals surface area contributed by atoms with E-state index in [1.165, 1.54) is 0 Å². The lowest BCUT2D eigenvalue weighted by Gasteiger charge is -2.51. The highest BCUT2D eigenvalue weighted by Crippen LogP contribution is 2.30. The predicted octanol–water partition coefficient (Wildman–Crippen LogP) is 2.76. The molecule has 0 bridgehead atoms. The zero-order chi connectivity index (χ0) is 14.0. The molecule has 0 atom stereocenters. The Morgan fingerprint density at radius 3 is 0.944 bits per heavy atom. The van der Waals surface area contributed by atoms with Gasteiger partial charge in [0.05, 0.1) is 0 Å². The minimum atomic E-state index is -0.575. The molecule has 0 saturated carbocycles. The fourth-order valence-corrected chi connectivity index (χ4v) is 15.7. The molecule has 0 spiro atoms. The van der Waals surface area contributed by atoms with E-state index in [-0.39, 0.29) is 0 Å². The maximum absolute atomic E-state index is 2.86. The van der Waals surface area contributed by atoms with Crippen LogP contribution in [0.4, 0.5) is 0 Å². The van der Waals surface area contributed by atoms with E-state index in [2.05, 4.69) is 64.5 Å². The summed E-state index contributed by atoms with van der Waals surface area (Å²) in [7, 11) is -1.15. The van der Waals surface area contributed by atoms with Gasteiger partial charge in [-0.05, 0) is 35.5 Å². The summed E-state index contributed by atoms with van der Waals surface area (Å²) in [6.07, 6.45) is 0. The summed E-state index contributed by atoms with van der Waals surface area (Å²) < 4.78 is 5.73. The molecular formula is C14H34N2Si2. The van der Waals surface area contributed by atoms with Crippen LogP contribution in [0.3, 0.4) is 0 Å². The second-order valence-electron chi connectivity index (χ2n) is 7.05. The van der Waals surface area contributed by atoms with Crippen LogP contribution in [0.5, 0.6) is 0 Å². The Morgan fingerprint density at radius 1 is 0.556 bits per heavy atom. The summed E-state index contributed by atoms with van der Waals surface area (Å²) in [5.74, 6) is 0. The molecule has 0 aromatic heterocycles. The van der Waals surface area contributed by atoms with E-state index in [4.69, 9.17) is 0 Å². The van der Waals surface area contributed by atoms with Gasteiger partial charge in [0.1, 0.15) is 17.9 Å². The van der Waals surface area contributed by atoms with Gasteiger partial charge in [0.15, 0.2) is 0 Å². The zero-order valence-corrected chi connectivity index (χ0v) is 16.1. The summed E-state index contributed by atoms with van der Waals surface area (Å²) in [5, 5.41) is 0. The van der Waals surface area contributed by atoms with Gasteiger partial charge in [0.25, 0.3) is 0 Å². The molecule has 1 aliphatic heterocycles. The van der Waals surface area contributed by atoms with Crippen LogP contribution in [-0.4, -0.2) is 51.2 Å². The smallest absolute Gasteiger partial charge is 0.109 e. The van der Waals surface area contributed by atoms with E-state index in [9.17, 15) is 0 Å². The molecule has 4 heteroatoms. The lowest BCUT2D eigenvalue weighted by molar-refractivity contribution is 0.285. The van der Waals surface area contributed by atoms with Gasteiger partial charge in [0.2, 0.25) is 0 Å². The van der Waals surface area contributed by atoms with Gasteiger partial charge in [-0.2, -0.15) is 0 Å². The van der Waals surface area contributed by atoms with Crippen molar-refractivity contribution in [1.82, 2.24) is 9.13 Å². The lowest BCUT2D eigenvalue weighted by Crippen LogP contribution is -2.64. The van der Waals surface area contributed by atoms with Crippen LogP contribution in [0.25, 0.3) is 0 Å². The predicted molar refractivity (Wildman–Crippen MR) is 88.1 cm³/mol. The lowest BCUT2D eigenvalue weighted by atomic mass is 10.3. The molecule has 1 rings (SSSR count). The topological polar surface area (TPSA) is 6.48 Å². The fraction of sp³-hybridized carbons (Fsp3) is 1.00. The Balaban J connectivity index is 2.56. The Bertz CT molecular complexity index is 208. The molecule has 108 valence electrons. The number of hydrogen-bond donors (Lipinski definition) is 0. The summed E-state index contributed by atoms with van der Waals surface area (Å²) in [6.45, 7) is 19.0. The van der Waals surface area contributed by atoms with Gasteiger partial charge in [-0.3, -0.25) is 0 Å². The molecule has 2 nitrogen and oxygen atoms in total. The van der Waals surface area contributed by atoms with Gasteiger partial charge in [-0.15, -0.1) is 0 Å². The van der Waals surface area contributed by atoms with Crippen LogP contribution >= 0.6 is 0 Å². The Morgan fingerprint density at radius 2 is 0.778 bits per heavy atom. The summed E-state index contributed by atoms with van der Waals surface area (Å²) >= 11 is 0. The number of rotatable bonds is 6. The molecular weight excluding hydrogens is 252 g/mol. The van der Waals surface area contributed by atoms with Crippen molar-refractivity contribution >= 4 is 17.9 Å². The minimum absolute atomic E-state index is 0.575. The molecule has 1 heterocycles. The van der Waals surface area contributed by atoms with Crippen LogP contribution < -0.4 is 0 Å². The quantitative estimate of drug-likeness (QED) is 0.693. The third-order valence-electron chi connectivity index (χ3n) is 4.32. The van der Waals surface area contributed by atoms with Gasteiger partial charge in [-0.25, -0.2) is 0 Å². The molecule has 0 N–H and O–H groups in total. The molecule has 1 fully saturated rings. The Hall–Kier alpha value is 0.354. The monoisotopic (exact) mass is 286 g/mol. The first-order chi connectivity index (χ1) is 8.25. The summed E-state index contributed by atoms with van der Waals surface area (Å²) in [4.78, 5) is 0. The van der Waals surface area contributed by atoms with Gasteiger partial charge < -0.3 is 9.13 Å². The van der Waals surface area contributed by atoms with Crippen molar-refractivity contribution in [3.8, 4) is 0 Å². The van der Waals surface area contributed by atoms with Crippen LogP contribution in [0, 0.1) is 0 Å². The standard InChI is InChI=1S/C14H34N2Si2/c1-11(2)15(12(3)4)17-9-18(10-17)16(13(5)6)14(7)8/h11-14,17-18H,9-10H2,1-8H3. The van der Waals surface area contributed by atoms with Crippen LogP contribution in [0.2, 0.25) is 11.3 Å². The second-order valence-corrected chi connectivity index (χ2v) is 14.6. The summed E-state index contributed by atoms with van der Waals surface area (Å²) in [6, 6.07) is 3.01. The minimum Gasteiger partial charge on any atom is -0.322 e. The molecule has 1 saturated heterocycles. The SMILES string of the molecule is CC(C)N(C(C)C)[SiH]1C[SiH](N(C(C)C)C(C)C)C1. The maximum Gasteiger partial charge on any atom is 0.109 e. The first kappa shape index (κ1) is 16.4. The maximum atomic E-state index is 2.86. The van der Waals surface area contributed by atoms with Crippen molar-refractivity contribution in [2.24, 2.45) is 0 Å².